The fourth-order valence-corrected chi connectivity index (χ4v) is 10.4. The van der Waals surface area contributed by atoms with Crippen molar-refractivity contribution >= 4 is 42.1 Å². The number of nitrogens with one attached hydrogen (secondary N) is 2. The first-order valence-electron chi connectivity index (χ1n) is 26.9. The van der Waals surface area contributed by atoms with Crippen LogP contribution in [0.15, 0.2) is 218 Å². The minimum absolute atomic E-state index is 0.0604. The molecule has 2 aliphatic rings. The van der Waals surface area contributed by atoms with E-state index in [-0.39, 0.29) is 66.6 Å². The molecule has 3 N–H and O–H groups in total. The molecule has 416 valence electrons. The molecular weight excluding hydrogens is 1050 g/mol. The molecule has 0 aliphatic heterocycles. The van der Waals surface area contributed by atoms with Crippen LogP contribution in [0.25, 0.3) is 34.4 Å². The minimum Gasteiger partial charge on any atom is -0.508 e. The highest BCUT2D eigenvalue weighted by Crippen LogP contribution is 2.46. The summed E-state index contributed by atoms with van der Waals surface area (Å²) in [5.74, 6) is -2.21. The highest BCUT2D eigenvalue weighted by Gasteiger charge is 2.33. The van der Waals surface area contributed by atoms with Crippen molar-refractivity contribution in [2.45, 2.75) is 36.8 Å². The number of aliphatic hydroxyl groups excluding tert-OH is 1. The molecule has 0 spiro atoms. The van der Waals surface area contributed by atoms with Gasteiger partial charge in [0.2, 0.25) is 0 Å². The minimum atomic E-state index is -1.13. The third-order valence-corrected chi connectivity index (χ3v) is 14.4. The second kappa shape index (κ2) is 26.2. The van der Waals surface area contributed by atoms with Gasteiger partial charge in [0.05, 0.1) is 14.2 Å². The van der Waals surface area contributed by atoms with Crippen LogP contribution in [0.1, 0.15) is 56.3 Å². The summed E-state index contributed by atoms with van der Waals surface area (Å²) in [7, 11) is 2.81. The Hall–Kier alpha value is -10.5. The molecule has 8 aromatic rings. The van der Waals surface area contributed by atoms with Gasteiger partial charge in [0.25, 0.3) is 0 Å². The predicted molar refractivity (Wildman–Crippen MR) is 315 cm³/mol. The van der Waals surface area contributed by atoms with Crippen LogP contribution in [0.2, 0.25) is 0 Å². The zero-order chi connectivity index (χ0) is 57.7. The van der Waals surface area contributed by atoms with E-state index in [1.807, 2.05) is 133 Å². The molecular formula is C69H58N2O12. The summed E-state index contributed by atoms with van der Waals surface area (Å²) in [5.41, 5.74) is 11.2. The van der Waals surface area contributed by atoms with Crippen LogP contribution in [-0.2, 0) is 36.7 Å². The number of carbonyl (C=O) groups excluding carboxylic acids is 5. The number of methoxy groups -OCH3 is 2. The Morgan fingerprint density at radius 1 is 0.458 bits per heavy atom. The summed E-state index contributed by atoms with van der Waals surface area (Å²) >= 11 is 0. The number of hydrogen-bond acceptors (Lipinski definition) is 12. The maximum Gasteiger partial charge on any atom is 0.407 e. The first-order chi connectivity index (χ1) is 40.5. The van der Waals surface area contributed by atoms with Gasteiger partial charge in [0, 0.05) is 30.8 Å². The van der Waals surface area contributed by atoms with E-state index in [0.29, 0.717) is 11.1 Å². The quantitative estimate of drug-likeness (QED) is 0.0204. The van der Waals surface area contributed by atoms with E-state index in [9.17, 15) is 29.1 Å². The molecule has 8 aromatic carbocycles. The van der Waals surface area contributed by atoms with Crippen LogP contribution in [0, 0.1) is 0 Å². The molecule has 2 atom stereocenters. The molecule has 2 aliphatic carbocycles. The van der Waals surface area contributed by atoms with Crippen molar-refractivity contribution in [2.24, 2.45) is 0 Å². The Balaban J connectivity index is 0.741. The molecule has 0 fully saturated rings. The van der Waals surface area contributed by atoms with Gasteiger partial charge >= 0.3 is 24.1 Å². The van der Waals surface area contributed by atoms with Crippen LogP contribution < -0.4 is 29.6 Å². The number of hydrogen-bond donors (Lipinski definition) is 3. The van der Waals surface area contributed by atoms with E-state index < -0.39 is 42.0 Å². The average molecular weight is 1110 g/mol. The molecule has 14 nitrogen and oxygen atoms in total. The van der Waals surface area contributed by atoms with Crippen molar-refractivity contribution < 1.29 is 57.5 Å². The van der Waals surface area contributed by atoms with E-state index in [0.717, 1.165) is 61.7 Å². The van der Waals surface area contributed by atoms with Crippen LogP contribution >= 0.6 is 0 Å². The molecule has 0 unspecified atom stereocenters. The second-order valence-electron chi connectivity index (χ2n) is 19.7. The maximum absolute atomic E-state index is 13.9. The van der Waals surface area contributed by atoms with Crippen LogP contribution in [0.3, 0.4) is 0 Å². The maximum atomic E-state index is 13.9. The Morgan fingerprint density at radius 2 is 0.819 bits per heavy atom. The van der Waals surface area contributed by atoms with Gasteiger partial charge in [0.1, 0.15) is 31.1 Å². The molecule has 0 saturated carbocycles. The molecule has 0 saturated heterocycles. The Labute approximate surface area is 480 Å². The van der Waals surface area contributed by atoms with Gasteiger partial charge < -0.3 is 44.2 Å². The van der Waals surface area contributed by atoms with E-state index in [2.05, 4.69) is 34.9 Å². The number of alkyl carbamates (subject to hydrolysis) is 2. The van der Waals surface area contributed by atoms with Crippen molar-refractivity contribution in [3.63, 3.8) is 0 Å². The van der Waals surface area contributed by atoms with E-state index in [4.69, 9.17) is 28.4 Å². The van der Waals surface area contributed by atoms with Gasteiger partial charge in [0.15, 0.2) is 28.8 Å². The number of benzene rings is 8. The number of ether oxygens (including phenoxy) is 6. The highest BCUT2D eigenvalue weighted by molar-refractivity contribution is 6.02. The van der Waals surface area contributed by atoms with Crippen molar-refractivity contribution in [3.05, 3.63) is 263 Å². The molecule has 0 radical (unpaired) electrons. The van der Waals surface area contributed by atoms with Gasteiger partial charge in [-0.3, -0.25) is 4.79 Å². The number of ketones is 1. The summed E-state index contributed by atoms with van der Waals surface area (Å²) in [6.07, 6.45) is 5.32. The Bertz CT molecular complexity index is 3690. The van der Waals surface area contributed by atoms with E-state index >= 15 is 0 Å². The van der Waals surface area contributed by atoms with Gasteiger partial charge in [-0.1, -0.05) is 182 Å². The average Bonchev–Trinajstić information content (AvgIpc) is 4.24. The standard InChI is InChI=1S/C69H58N2O12/c1-78-64-39-46(31-35-62(64)82-66(74)60(37-44-17-5-3-6-18-44)70-68(76)80-42-58-54-25-13-9-21-50(54)51-22-10-14-26-55(51)58)29-33-48(72)41-49(73)34-30-47-32-36-63(65(40-47)79-2)83-67(75)61(38-45-19-7-4-8-20-45)71-69(77)81-43-59-56-27-15-11-23-52(56)53-24-12-16-28-57(53)59/h3-36,39-41,58-61,72H,37-38,42-43H2,1-2H3,(H,70,76)(H,71,77)/b33-29+,34-30+,48-41-/t60-,61-/m0/s1. The summed E-state index contributed by atoms with van der Waals surface area (Å²) < 4.78 is 34.4. The number of allylic oxidation sites excluding steroid dienone is 3. The molecule has 14 heteroatoms. The highest BCUT2D eigenvalue weighted by atomic mass is 16.6. The number of fused-ring (bicyclic) bond motifs is 6. The smallest absolute Gasteiger partial charge is 0.407 e. The fourth-order valence-electron chi connectivity index (χ4n) is 10.4. The van der Waals surface area contributed by atoms with Crippen LogP contribution in [0.4, 0.5) is 9.59 Å². The second-order valence-corrected chi connectivity index (χ2v) is 19.7. The molecule has 10 rings (SSSR count). The third kappa shape index (κ3) is 13.6. The Morgan fingerprint density at radius 3 is 1.20 bits per heavy atom. The van der Waals surface area contributed by atoms with Crippen molar-refractivity contribution in [2.75, 3.05) is 27.4 Å². The summed E-state index contributed by atoms with van der Waals surface area (Å²) in [6.45, 7) is 0.122. The van der Waals surface area contributed by atoms with Gasteiger partial charge in [-0.15, -0.1) is 0 Å². The van der Waals surface area contributed by atoms with E-state index in [1.54, 1.807) is 24.3 Å². The molecule has 0 bridgehead atoms. The Kier molecular flexibility index (Phi) is 17.6. The number of amides is 2. The normalized spacial score (nSPS) is 13.2. The first-order valence-corrected chi connectivity index (χ1v) is 26.9. The monoisotopic (exact) mass is 1110 g/mol. The number of esters is 2. The van der Waals surface area contributed by atoms with E-state index in [1.165, 1.54) is 50.7 Å². The summed E-state index contributed by atoms with van der Waals surface area (Å²) in [6, 6.07) is 57.6. The van der Waals surface area contributed by atoms with Crippen LogP contribution in [-0.4, -0.2) is 74.5 Å². The SMILES string of the molecule is COc1cc(/C=C/C(=O)/C=C(O)/C=C/c2ccc(OC(=O)[C@H](Cc3ccccc3)NC(=O)OCC3c4ccccc4-c4ccccc43)c(OC)c2)ccc1OC(=O)[C@H](Cc1ccccc1)NC(=O)OCC1c2ccccc2-c2ccccc21. The first kappa shape index (κ1) is 55.8. The summed E-state index contributed by atoms with van der Waals surface area (Å²) in [4.78, 5) is 67.6. The number of aliphatic hydroxyl groups is 1. The lowest BCUT2D eigenvalue weighted by Crippen LogP contribution is -2.45. The zero-order valence-corrected chi connectivity index (χ0v) is 45.4. The molecule has 83 heavy (non-hydrogen) atoms. The topological polar surface area (TPSA) is 185 Å². The van der Waals surface area contributed by atoms with Crippen molar-refractivity contribution in [1.82, 2.24) is 10.6 Å². The number of carbonyl (C=O) groups is 5. The predicted octanol–water partition coefficient (Wildman–Crippen LogP) is 12.6. The number of rotatable bonds is 21. The van der Waals surface area contributed by atoms with Gasteiger partial charge in [-0.2, -0.15) is 0 Å². The van der Waals surface area contributed by atoms with Crippen molar-refractivity contribution in [3.8, 4) is 45.3 Å². The lowest BCUT2D eigenvalue weighted by Gasteiger charge is -2.20. The van der Waals surface area contributed by atoms with Crippen molar-refractivity contribution in [1.29, 1.82) is 0 Å². The third-order valence-electron chi connectivity index (χ3n) is 14.4. The lowest BCUT2D eigenvalue weighted by atomic mass is 9.98. The molecule has 0 heterocycles. The van der Waals surface area contributed by atoms with Gasteiger partial charge in [-0.25, -0.2) is 19.2 Å². The lowest BCUT2D eigenvalue weighted by molar-refractivity contribution is -0.137. The largest absolute Gasteiger partial charge is 0.508 e. The zero-order valence-electron chi connectivity index (χ0n) is 45.4. The molecule has 2 amide bonds. The molecule has 0 aromatic heterocycles. The fraction of sp³-hybridized carbons (Fsp3) is 0.145. The summed E-state index contributed by atoms with van der Waals surface area (Å²) in [5, 5.41) is 16.2. The van der Waals surface area contributed by atoms with Gasteiger partial charge in [-0.05, 0) is 103 Å². The van der Waals surface area contributed by atoms with Crippen LogP contribution in [0.5, 0.6) is 23.0 Å².